The average molecular weight is 1540 g/mol. The van der Waals surface area contributed by atoms with Gasteiger partial charge in [0.05, 0.1) is 26.4 Å². The number of hydrogen-bond donors (Lipinski definition) is 3. The minimum atomic E-state index is -4.97. The van der Waals surface area contributed by atoms with E-state index in [4.69, 9.17) is 37.0 Å². The Bertz CT molecular complexity index is 2040. The predicted octanol–water partition coefficient (Wildman–Crippen LogP) is 25.9. The first kappa shape index (κ1) is 103. The Morgan fingerprint density at radius 3 is 0.676 bits per heavy atom. The van der Waals surface area contributed by atoms with E-state index in [1.165, 1.54) is 244 Å². The number of carbonyl (C=O) groups is 4. The normalized spacial score (nSPS) is 14.2. The van der Waals surface area contributed by atoms with Crippen molar-refractivity contribution < 1.29 is 80.2 Å². The van der Waals surface area contributed by atoms with Gasteiger partial charge in [0.2, 0.25) is 0 Å². The van der Waals surface area contributed by atoms with Gasteiger partial charge in [0.15, 0.2) is 12.2 Å². The van der Waals surface area contributed by atoms with Crippen LogP contribution in [0.4, 0.5) is 0 Å². The predicted molar refractivity (Wildman–Crippen MR) is 432 cm³/mol. The number of carbonyl (C=O) groups excluding carboxylic acids is 4. The zero-order valence-corrected chi connectivity index (χ0v) is 71.2. The number of hydrogen-bond acceptors (Lipinski definition) is 15. The van der Waals surface area contributed by atoms with Crippen molar-refractivity contribution in [3.8, 4) is 0 Å². The van der Waals surface area contributed by atoms with Crippen molar-refractivity contribution in [2.24, 2.45) is 23.7 Å². The Labute approximate surface area is 645 Å². The molecule has 0 amide bonds. The van der Waals surface area contributed by atoms with Crippen LogP contribution in [-0.4, -0.2) is 96.7 Å². The van der Waals surface area contributed by atoms with Gasteiger partial charge >= 0.3 is 39.5 Å². The Kier molecular flexibility index (Phi) is 73.4. The lowest BCUT2D eigenvalue weighted by atomic mass is 10.00. The van der Waals surface area contributed by atoms with Crippen molar-refractivity contribution in [2.45, 2.75) is 465 Å². The molecule has 19 heteroatoms. The van der Waals surface area contributed by atoms with E-state index >= 15 is 0 Å². The summed E-state index contributed by atoms with van der Waals surface area (Å²) in [5.41, 5.74) is 0. The number of esters is 4. The molecule has 624 valence electrons. The number of phosphoric acid groups is 2. The number of ether oxygens (including phenoxy) is 4. The minimum absolute atomic E-state index is 0.106. The summed E-state index contributed by atoms with van der Waals surface area (Å²) in [6.45, 7) is 14.3. The summed E-state index contributed by atoms with van der Waals surface area (Å²) in [4.78, 5) is 73.2. The van der Waals surface area contributed by atoms with Crippen LogP contribution >= 0.6 is 15.6 Å². The quantitative estimate of drug-likeness (QED) is 0.0222. The van der Waals surface area contributed by atoms with Crippen molar-refractivity contribution in [3.63, 3.8) is 0 Å². The second-order valence-corrected chi connectivity index (χ2v) is 35.5. The van der Waals surface area contributed by atoms with Crippen LogP contribution in [0, 0.1) is 23.7 Å². The van der Waals surface area contributed by atoms with Crippen LogP contribution < -0.4 is 0 Å². The topological polar surface area (TPSA) is 237 Å². The highest BCUT2D eigenvalue weighted by atomic mass is 31.2. The second kappa shape index (κ2) is 74.8. The first-order valence-electron chi connectivity index (χ1n) is 44.2. The molecule has 6 atom stereocenters. The molecule has 0 radical (unpaired) electrons. The molecular formula is C86H168O17P2. The molecule has 0 aliphatic carbocycles. The van der Waals surface area contributed by atoms with Gasteiger partial charge in [0.1, 0.15) is 19.3 Å². The van der Waals surface area contributed by atoms with E-state index in [1.54, 1.807) is 0 Å². The van der Waals surface area contributed by atoms with Crippen molar-refractivity contribution in [1.29, 1.82) is 0 Å². The molecule has 0 aliphatic rings. The van der Waals surface area contributed by atoms with Crippen LogP contribution in [-0.2, 0) is 65.4 Å². The molecule has 0 fully saturated rings. The van der Waals surface area contributed by atoms with E-state index in [9.17, 15) is 43.2 Å². The monoisotopic (exact) mass is 1540 g/mol. The number of phosphoric ester groups is 2. The van der Waals surface area contributed by atoms with Crippen molar-refractivity contribution in [2.75, 3.05) is 39.6 Å². The molecule has 0 heterocycles. The standard InChI is InChI=1S/C86H168O17P2/c1-9-79(8)65-57-49-44-45-51-59-67-84(89)97-73-82(103-86(91)69-61-53-43-37-31-25-19-22-28-34-40-48-56-64-78(6)7)75-101-105(94,95)99-71-80(87)70-98-104(92,93)100-74-81(72-96-83(88)66-58-50-41-35-29-23-18-14-16-21-27-33-39-47-55-63-77(4)5)102-85(90)68-60-52-42-36-30-24-17-13-11-10-12-15-20-26-32-38-46-54-62-76(2)3/h76-82,87H,9-75H2,1-8H3,(H,92,93)(H,94,95)/t79?,80-,81-,82-/m1/s1. The van der Waals surface area contributed by atoms with Gasteiger partial charge < -0.3 is 33.8 Å². The summed E-state index contributed by atoms with van der Waals surface area (Å²) < 4.78 is 68.9. The molecule has 3 N–H and O–H groups in total. The molecule has 0 rings (SSSR count). The Morgan fingerprint density at radius 1 is 0.267 bits per heavy atom. The first-order valence-corrected chi connectivity index (χ1v) is 47.2. The minimum Gasteiger partial charge on any atom is -0.462 e. The van der Waals surface area contributed by atoms with Gasteiger partial charge in [-0.05, 0) is 49.4 Å². The molecule has 0 saturated heterocycles. The lowest BCUT2D eigenvalue weighted by molar-refractivity contribution is -0.161. The van der Waals surface area contributed by atoms with E-state index in [1.807, 2.05) is 0 Å². The lowest BCUT2D eigenvalue weighted by Crippen LogP contribution is -2.30. The van der Waals surface area contributed by atoms with Gasteiger partial charge in [0.25, 0.3) is 0 Å². The number of aliphatic hydroxyl groups excluding tert-OH is 1. The first-order chi connectivity index (χ1) is 50.6. The van der Waals surface area contributed by atoms with Crippen LogP contribution in [0.3, 0.4) is 0 Å². The zero-order valence-electron chi connectivity index (χ0n) is 69.4. The van der Waals surface area contributed by atoms with Crippen LogP contribution in [0.2, 0.25) is 0 Å². The van der Waals surface area contributed by atoms with Gasteiger partial charge in [-0.3, -0.25) is 37.3 Å². The third-order valence-electron chi connectivity index (χ3n) is 20.4. The van der Waals surface area contributed by atoms with Gasteiger partial charge in [0, 0.05) is 25.7 Å². The second-order valence-electron chi connectivity index (χ2n) is 32.6. The molecule has 3 unspecified atom stereocenters. The maximum atomic E-state index is 13.1. The molecule has 0 aromatic heterocycles. The van der Waals surface area contributed by atoms with Crippen LogP contribution in [0.1, 0.15) is 447 Å². The van der Waals surface area contributed by atoms with E-state index in [0.29, 0.717) is 25.7 Å². The third-order valence-corrected chi connectivity index (χ3v) is 22.3. The fraction of sp³-hybridized carbons (Fsp3) is 0.953. The number of unbranched alkanes of at least 4 members (excludes halogenated alkanes) is 48. The largest absolute Gasteiger partial charge is 0.472 e. The average Bonchev–Trinajstić information content (AvgIpc) is 0.908. The highest BCUT2D eigenvalue weighted by Gasteiger charge is 2.31. The van der Waals surface area contributed by atoms with Gasteiger partial charge in [-0.15, -0.1) is 0 Å². The van der Waals surface area contributed by atoms with E-state index in [2.05, 4.69) is 55.4 Å². The van der Waals surface area contributed by atoms with Crippen LogP contribution in [0.15, 0.2) is 0 Å². The SMILES string of the molecule is CCC(C)CCCCCCCCC(=O)OC[C@H](COP(=O)(O)OC[C@H](O)COP(=O)(O)OC[C@@H](COC(=O)CCCCCCCCCCCCCCCCCC(C)C)OC(=O)CCCCCCCCCCCCCCCCCCCCC(C)C)OC(=O)CCCCCCCCCCCCCCCC(C)C. The molecule has 17 nitrogen and oxygen atoms in total. The Balaban J connectivity index is 5.24. The number of rotatable bonds is 83. The molecule has 105 heavy (non-hydrogen) atoms. The van der Waals surface area contributed by atoms with Crippen molar-refractivity contribution in [3.05, 3.63) is 0 Å². The van der Waals surface area contributed by atoms with Crippen molar-refractivity contribution in [1.82, 2.24) is 0 Å². The molecule has 0 aromatic carbocycles. The van der Waals surface area contributed by atoms with Crippen molar-refractivity contribution >= 4 is 39.5 Å². The van der Waals surface area contributed by atoms with Gasteiger partial charge in [-0.25, -0.2) is 9.13 Å². The maximum Gasteiger partial charge on any atom is 0.472 e. The van der Waals surface area contributed by atoms with Crippen LogP contribution in [0.25, 0.3) is 0 Å². The molecule has 0 aromatic rings. The lowest BCUT2D eigenvalue weighted by Gasteiger charge is -2.21. The van der Waals surface area contributed by atoms with Gasteiger partial charge in [-0.2, -0.15) is 0 Å². The molecule has 0 saturated carbocycles. The highest BCUT2D eigenvalue weighted by Crippen LogP contribution is 2.45. The van der Waals surface area contributed by atoms with E-state index in [-0.39, 0.29) is 25.7 Å². The summed E-state index contributed by atoms with van der Waals surface area (Å²) in [6, 6.07) is 0. The fourth-order valence-corrected chi connectivity index (χ4v) is 14.9. The summed E-state index contributed by atoms with van der Waals surface area (Å²) in [5.74, 6) is 1.04. The Hall–Kier alpha value is -1.94. The fourth-order valence-electron chi connectivity index (χ4n) is 13.3. The molecule has 0 bridgehead atoms. The van der Waals surface area contributed by atoms with Crippen LogP contribution in [0.5, 0.6) is 0 Å². The third kappa shape index (κ3) is 78.5. The summed E-state index contributed by atoms with van der Waals surface area (Å²) in [6.07, 6.45) is 63.9. The molecular weight excluding hydrogens is 1370 g/mol. The van der Waals surface area contributed by atoms with Gasteiger partial charge in [-0.1, -0.05) is 396 Å². The molecule has 0 aliphatic heterocycles. The number of aliphatic hydroxyl groups is 1. The highest BCUT2D eigenvalue weighted by molar-refractivity contribution is 7.47. The summed E-state index contributed by atoms with van der Waals surface area (Å²) in [5, 5.41) is 10.7. The smallest absolute Gasteiger partial charge is 0.462 e. The maximum absolute atomic E-state index is 13.1. The summed E-state index contributed by atoms with van der Waals surface area (Å²) in [7, 11) is -9.93. The molecule has 0 spiro atoms. The Morgan fingerprint density at radius 2 is 0.457 bits per heavy atom. The van der Waals surface area contributed by atoms with E-state index < -0.39 is 97.5 Å². The van der Waals surface area contributed by atoms with E-state index in [0.717, 1.165) is 120 Å². The zero-order chi connectivity index (χ0) is 77.4. The summed E-state index contributed by atoms with van der Waals surface area (Å²) >= 11 is 0.